The van der Waals surface area contributed by atoms with E-state index in [4.69, 9.17) is 15.5 Å². The van der Waals surface area contributed by atoms with Crippen molar-refractivity contribution < 1.29 is 33.7 Å². The maximum absolute atomic E-state index is 15.1. The van der Waals surface area contributed by atoms with Gasteiger partial charge in [0.1, 0.15) is 18.5 Å². The van der Waals surface area contributed by atoms with Gasteiger partial charge in [-0.25, -0.2) is 14.2 Å². The fourth-order valence-electron chi connectivity index (χ4n) is 6.53. The van der Waals surface area contributed by atoms with E-state index in [9.17, 15) is 29.4 Å². The average Bonchev–Trinajstić information content (AvgIpc) is 3.30. The van der Waals surface area contributed by atoms with Crippen LogP contribution < -0.4 is 16.6 Å². The van der Waals surface area contributed by atoms with Gasteiger partial charge in [0.15, 0.2) is 5.60 Å². The lowest BCUT2D eigenvalue weighted by atomic mass is 9.81. The number of aliphatic hydroxyl groups is 1. The van der Waals surface area contributed by atoms with Gasteiger partial charge in [-0.2, -0.15) is 0 Å². The molecule has 1 amide bonds. The molecule has 2 aromatic heterocycles. The molecule has 3 atom stereocenters. The van der Waals surface area contributed by atoms with Crippen molar-refractivity contribution in [1.29, 1.82) is 0 Å². The van der Waals surface area contributed by atoms with Crippen molar-refractivity contribution in [3.05, 3.63) is 61.7 Å². The van der Waals surface area contributed by atoms with Crippen LogP contribution in [-0.2, 0) is 44.3 Å². The Hall–Kier alpha value is -4.16. The van der Waals surface area contributed by atoms with Crippen LogP contribution in [0.2, 0.25) is 0 Å². The molecule has 0 saturated heterocycles. The molecule has 3 aromatic rings. The molecule has 5 N–H and O–H groups in total. The van der Waals surface area contributed by atoms with Crippen molar-refractivity contribution >= 4 is 28.7 Å². The minimum absolute atomic E-state index is 0.00724. The molecular formula is C29H29FN4O7. The molecular weight excluding hydrogens is 535 g/mol. The van der Waals surface area contributed by atoms with Crippen LogP contribution in [0.4, 0.5) is 4.39 Å². The molecule has 11 nitrogen and oxygen atoms in total. The van der Waals surface area contributed by atoms with E-state index in [0.717, 1.165) is 11.1 Å². The number of aromatic nitrogens is 2. The zero-order chi connectivity index (χ0) is 29.4. The summed E-state index contributed by atoms with van der Waals surface area (Å²) in [7, 11) is 0. The second kappa shape index (κ2) is 9.45. The summed E-state index contributed by atoms with van der Waals surface area (Å²) in [5.41, 5.74) is 6.97. The third-order valence-corrected chi connectivity index (χ3v) is 8.76. The van der Waals surface area contributed by atoms with E-state index < -0.39 is 46.9 Å². The zero-order valence-electron chi connectivity index (χ0n) is 22.5. The predicted octanol–water partition coefficient (Wildman–Crippen LogP) is 1.82. The van der Waals surface area contributed by atoms with Gasteiger partial charge in [0.25, 0.3) is 5.56 Å². The fraction of sp³-hybridized carbons (Fsp3) is 0.414. The number of carbonyl (C=O) groups is 3. The SMILES string of the molecule is CC[C@@]1(O)C(=O)OCc2c1cc1n(c2=O)Cc2c-1nc1cc(F)c(C)c3c1c2[C@@H](N[C@@H](CCC(N)=O)C(=O)O)CC3. The van der Waals surface area contributed by atoms with Crippen LogP contribution in [0.25, 0.3) is 22.3 Å². The van der Waals surface area contributed by atoms with Gasteiger partial charge < -0.3 is 25.3 Å². The number of aryl methyl sites for hydroxylation is 1. The average molecular weight is 565 g/mol. The molecule has 0 unspecified atom stereocenters. The van der Waals surface area contributed by atoms with Crippen molar-refractivity contribution in [3.63, 3.8) is 0 Å². The summed E-state index contributed by atoms with van der Waals surface area (Å²) in [6.07, 6.45) is 0.783. The van der Waals surface area contributed by atoms with E-state index in [1.54, 1.807) is 19.9 Å². The molecule has 4 heterocycles. The number of carboxylic acids is 1. The smallest absolute Gasteiger partial charge is 0.343 e. The molecule has 41 heavy (non-hydrogen) atoms. The highest BCUT2D eigenvalue weighted by Gasteiger charge is 2.46. The summed E-state index contributed by atoms with van der Waals surface area (Å²) < 4.78 is 21.7. The number of nitrogens with two attached hydrogens (primary N) is 1. The van der Waals surface area contributed by atoms with Crippen molar-refractivity contribution in [1.82, 2.24) is 14.9 Å². The number of amides is 1. The lowest BCUT2D eigenvalue weighted by Gasteiger charge is -2.32. The minimum Gasteiger partial charge on any atom is -0.480 e. The van der Waals surface area contributed by atoms with E-state index in [1.165, 1.54) is 10.6 Å². The molecule has 0 radical (unpaired) electrons. The van der Waals surface area contributed by atoms with Crippen LogP contribution in [0.1, 0.15) is 72.0 Å². The second-order valence-corrected chi connectivity index (χ2v) is 11.0. The zero-order valence-corrected chi connectivity index (χ0v) is 22.5. The molecule has 214 valence electrons. The molecule has 0 saturated carbocycles. The number of pyridine rings is 2. The molecule has 1 aliphatic carbocycles. The highest BCUT2D eigenvalue weighted by atomic mass is 19.1. The summed E-state index contributed by atoms with van der Waals surface area (Å²) in [5.74, 6) is -3.01. The third kappa shape index (κ3) is 3.96. The number of nitrogens with zero attached hydrogens (tertiary/aromatic N) is 2. The Labute approximate surface area is 233 Å². The third-order valence-electron chi connectivity index (χ3n) is 8.76. The Morgan fingerprint density at radius 3 is 2.73 bits per heavy atom. The normalized spacial score (nSPS) is 21.2. The molecule has 2 aliphatic heterocycles. The Kier molecular flexibility index (Phi) is 6.23. The second-order valence-electron chi connectivity index (χ2n) is 11.0. The fourth-order valence-corrected chi connectivity index (χ4v) is 6.53. The van der Waals surface area contributed by atoms with E-state index >= 15 is 4.39 Å². The van der Waals surface area contributed by atoms with Gasteiger partial charge in [-0.05, 0) is 55.4 Å². The van der Waals surface area contributed by atoms with Crippen LogP contribution in [0, 0.1) is 12.7 Å². The topological polar surface area (TPSA) is 174 Å². The van der Waals surface area contributed by atoms with Gasteiger partial charge in [0, 0.05) is 35.0 Å². The number of fused-ring (bicyclic) bond motifs is 5. The van der Waals surface area contributed by atoms with Gasteiger partial charge in [0.2, 0.25) is 5.91 Å². The summed E-state index contributed by atoms with van der Waals surface area (Å²) in [6.45, 7) is 3.15. The quantitative estimate of drug-likeness (QED) is 0.244. The highest BCUT2D eigenvalue weighted by molar-refractivity contribution is 5.93. The van der Waals surface area contributed by atoms with Crippen LogP contribution in [0.15, 0.2) is 16.9 Å². The highest BCUT2D eigenvalue weighted by Crippen LogP contribution is 2.46. The molecule has 12 heteroatoms. The molecule has 3 aliphatic rings. The first-order chi connectivity index (χ1) is 19.5. The number of halogens is 1. The maximum atomic E-state index is 15.1. The first-order valence-corrected chi connectivity index (χ1v) is 13.5. The summed E-state index contributed by atoms with van der Waals surface area (Å²) >= 11 is 0. The number of esters is 1. The lowest BCUT2D eigenvalue weighted by Crippen LogP contribution is -2.44. The predicted molar refractivity (Wildman–Crippen MR) is 143 cm³/mol. The number of ether oxygens (including phenoxy) is 1. The van der Waals surface area contributed by atoms with Crippen molar-refractivity contribution in [3.8, 4) is 11.4 Å². The first kappa shape index (κ1) is 27.0. The number of cyclic esters (lactones) is 1. The van der Waals surface area contributed by atoms with E-state index in [2.05, 4.69) is 5.32 Å². The Morgan fingerprint density at radius 1 is 1.29 bits per heavy atom. The standard InChI is InChI=1S/C29H29FN4O7/c1-3-29(40)16-8-21-25-14(10-34(21)26(36)15(16)11-41-28(29)39)24-18(32-19(27(37)38)6-7-22(31)35)5-4-13-12(2)17(30)9-20(33-25)23(13)24/h8-9,18-19,32,40H,3-7,10-11H2,1-2H3,(H2,31,35)(H,37,38)/t18-,19-,29-/m0/s1. The Balaban J connectivity index is 1.58. The van der Waals surface area contributed by atoms with E-state index in [1.807, 2.05) is 0 Å². The number of aliphatic carboxylic acids is 1. The number of primary amides is 1. The summed E-state index contributed by atoms with van der Waals surface area (Å²) in [6, 6.07) is 1.34. The van der Waals surface area contributed by atoms with Crippen molar-refractivity contribution in [2.24, 2.45) is 5.73 Å². The molecule has 6 rings (SSSR count). The van der Waals surface area contributed by atoms with Crippen LogP contribution in [0.3, 0.4) is 0 Å². The molecule has 1 aromatic carbocycles. The molecule has 0 bridgehead atoms. The first-order valence-electron chi connectivity index (χ1n) is 13.5. The summed E-state index contributed by atoms with van der Waals surface area (Å²) in [5, 5.41) is 25.0. The van der Waals surface area contributed by atoms with E-state index in [-0.39, 0.29) is 43.5 Å². The van der Waals surface area contributed by atoms with Crippen molar-refractivity contribution in [2.45, 2.75) is 76.8 Å². The van der Waals surface area contributed by atoms with Gasteiger partial charge in [0.05, 0.1) is 29.0 Å². The van der Waals surface area contributed by atoms with Crippen LogP contribution in [0.5, 0.6) is 0 Å². The number of carboxylic acid groups (broad SMARTS) is 1. The van der Waals surface area contributed by atoms with Gasteiger partial charge in [-0.1, -0.05) is 6.92 Å². The van der Waals surface area contributed by atoms with Gasteiger partial charge in [-0.15, -0.1) is 0 Å². The Morgan fingerprint density at radius 2 is 2.05 bits per heavy atom. The molecule has 0 spiro atoms. The van der Waals surface area contributed by atoms with E-state index in [0.29, 0.717) is 46.3 Å². The monoisotopic (exact) mass is 564 g/mol. The number of carbonyl (C=O) groups excluding carboxylic acids is 2. The number of nitrogens with one attached hydrogen (secondary N) is 1. The number of rotatable bonds is 7. The lowest BCUT2D eigenvalue weighted by molar-refractivity contribution is -0.172. The largest absolute Gasteiger partial charge is 0.480 e. The summed E-state index contributed by atoms with van der Waals surface area (Å²) in [4.78, 5) is 54.5. The maximum Gasteiger partial charge on any atom is 0.343 e. The van der Waals surface area contributed by atoms with Crippen LogP contribution in [-0.4, -0.2) is 43.7 Å². The minimum atomic E-state index is -1.99. The number of benzene rings is 1. The number of hydrogen-bond donors (Lipinski definition) is 4. The number of hydrogen-bond acceptors (Lipinski definition) is 8. The van der Waals surface area contributed by atoms with Gasteiger partial charge in [-0.3, -0.25) is 19.7 Å². The van der Waals surface area contributed by atoms with Gasteiger partial charge >= 0.3 is 11.9 Å². The van der Waals surface area contributed by atoms with Crippen molar-refractivity contribution in [2.75, 3.05) is 0 Å². The van der Waals surface area contributed by atoms with Crippen LogP contribution >= 0.6 is 0 Å². The molecule has 0 fully saturated rings. The Bertz CT molecular complexity index is 1750.